The molecule has 0 spiro atoms. The molecule has 152 valence electrons. The van der Waals surface area contributed by atoms with E-state index in [1.165, 1.54) is 18.3 Å². The predicted octanol–water partition coefficient (Wildman–Crippen LogP) is 3.07. The molecule has 3 unspecified atom stereocenters. The fourth-order valence-electron chi connectivity index (χ4n) is 3.42. The number of rotatable bonds is 3. The minimum atomic E-state index is -3.72. The average Bonchev–Trinajstić information content (AvgIpc) is 2.61. The highest BCUT2D eigenvalue weighted by Gasteiger charge is 2.47. The van der Waals surface area contributed by atoms with Crippen LogP contribution in [0.5, 0.6) is 0 Å². The highest BCUT2D eigenvalue weighted by atomic mass is 35.5. The third kappa shape index (κ3) is 3.80. The van der Waals surface area contributed by atoms with Crippen molar-refractivity contribution >= 4 is 53.9 Å². The van der Waals surface area contributed by atoms with Crippen LogP contribution in [0.15, 0.2) is 45.9 Å². The SMILES string of the molecule is CC1=CN=C(C2CC(C)(S(=O)(=O)c3cccc(Cl)c3)CCO2)C(Cl)C1=S(=O)=O. The van der Waals surface area contributed by atoms with Gasteiger partial charge in [0, 0.05) is 17.8 Å². The molecule has 28 heavy (non-hydrogen) atoms. The summed E-state index contributed by atoms with van der Waals surface area (Å²) in [4.78, 5) is 4.44. The summed E-state index contributed by atoms with van der Waals surface area (Å²) in [6, 6.07) is 6.14. The second-order valence-electron chi connectivity index (χ2n) is 7.05. The van der Waals surface area contributed by atoms with Crippen LogP contribution in [0.2, 0.25) is 5.02 Å². The molecule has 1 saturated heterocycles. The van der Waals surface area contributed by atoms with Gasteiger partial charge in [0.15, 0.2) is 9.84 Å². The molecule has 3 rings (SSSR count). The first-order valence-electron chi connectivity index (χ1n) is 8.53. The number of allylic oxidation sites excluding steroid dienone is 1. The third-order valence-electron chi connectivity index (χ3n) is 5.12. The Morgan fingerprint density at radius 2 is 2.04 bits per heavy atom. The largest absolute Gasteiger partial charge is 0.372 e. The molecule has 0 amide bonds. The summed E-state index contributed by atoms with van der Waals surface area (Å²) >= 11 is 12.3. The molecule has 0 radical (unpaired) electrons. The van der Waals surface area contributed by atoms with Crippen molar-refractivity contribution in [3.63, 3.8) is 0 Å². The highest BCUT2D eigenvalue weighted by molar-refractivity contribution is 7.92. The van der Waals surface area contributed by atoms with Crippen molar-refractivity contribution in [2.24, 2.45) is 4.99 Å². The van der Waals surface area contributed by atoms with Gasteiger partial charge in [-0.05, 0) is 50.5 Å². The summed E-state index contributed by atoms with van der Waals surface area (Å²) in [5.74, 6) is 0. The number of hydrogen-bond acceptors (Lipinski definition) is 6. The number of alkyl halides is 1. The van der Waals surface area contributed by atoms with E-state index in [1.807, 2.05) is 0 Å². The fourth-order valence-corrected chi connectivity index (χ4v) is 6.70. The Morgan fingerprint density at radius 3 is 2.68 bits per heavy atom. The molecule has 0 N–H and O–H groups in total. The van der Waals surface area contributed by atoms with Crippen molar-refractivity contribution in [2.45, 2.75) is 47.8 Å². The molecule has 0 saturated carbocycles. The van der Waals surface area contributed by atoms with Crippen molar-refractivity contribution in [1.29, 1.82) is 0 Å². The Hall–Kier alpha value is -1.19. The van der Waals surface area contributed by atoms with Gasteiger partial charge in [0.05, 0.1) is 21.5 Å². The topological polar surface area (TPSA) is 89.9 Å². The first-order valence-corrected chi connectivity index (χ1v) is 11.9. The van der Waals surface area contributed by atoms with Gasteiger partial charge >= 0.3 is 0 Å². The van der Waals surface area contributed by atoms with Crippen LogP contribution in [0.1, 0.15) is 26.7 Å². The lowest BCUT2D eigenvalue weighted by atomic mass is 9.91. The number of ether oxygens (including phenoxy) is 1. The molecule has 6 nitrogen and oxygen atoms in total. The third-order valence-corrected chi connectivity index (χ3v) is 9.38. The van der Waals surface area contributed by atoms with Crippen LogP contribution in [0.4, 0.5) is 0 Å². The standard InChI is InChI=1S/C18H19Cl2NO5S2/c1-11-10-21-16(15(20)17(11)27(22)23)14-9-18(2,6-7-26-14)28(24,25)13-5-3-4-12(19)8-13/h3-5,8,10,14-15H,6-7,9H2,1-2H3. The fraction of sp³-hybridized carbons (Fsp3) is 0.444. The van der Waals surface area contributed by atoms with Gasteiger partial charge in [-0.25, -0.2) is 8.42 Å². The molecule has 3 atom stereocenters. The van der Waals surface area contributed by atoms with Crippen LogP contribution in [-0.4, -0.2) is 50.2 Å². The van der Waals surface area contributed by atoms with Gasteiger partial charge in [0.2, 0.25) is 10.3 Å². The van der Waals surface area contributed by atoms with Crippen LogP contribution >= 0.6 is 23.2 Å². The van der Waals surface area contributed by atoms with E-state index < -0.39 is 36.4 Å². The molecule has 2 aliphatic heterocycles. The molecule has 2 aliphatic rings. The molecule has 1 aromatic carbocycles. The zero-order valence-electron chi connectivity index (χ0n) is 15.2. The summed E-state index contributed by atoms with van der Waals surface area (Å²) in [7, 11) is -6.23. The molecular weight excluding hydrogens is 445 g/mol. The van der Waals surface area contributed by atoms with Gasteiger partial charge in [0.1, 0.15) is 10.2 Å². The van der Waals surface area contributed by atoms with E-state index in [4.69, 9.17) is 27.9 Å². The molecule has 1 aromatic rings. The summed E-state index contributed by atoms with van der Waals surface area (Å²) in [5, 5.41) is -0.659. The lowest BCUT2D eigenvalue weighted by Gasteiger charge is -2.39. The molecule has 0 aliphatic carbocycles. The van der Waals surface area contributed by atoms with Gasteiger partial charge in [-0.1, -0.05) is 17.7 Å². The summed E-state index contributed by atoms with van der Waals surface area (Å²) in [5.41, 5.74) is 0.751. The van der Waals surface area contributed by atoms with E-state index in [-0.39, 0.29) is 29.2 Å². The predicted molar refractivity (Wildman–Crippen MR) is 111 cm³/mol. The van der Waals surface area contributed by atoms with Crippen LogP contribution in [0, 0.1) is 0 Å². The van der Waals surface area contributed by atoms with Crippen molar-refractivity contribution in [2.75, 3.05) is 6.61 Å². The molecule has 1 fully saturated rings. The number of hydrogen-bond donors (Lipinski definition) is 0. The van der Waals surface area contributed by atoms with E-state index in [9.17, 15) is 16.8 Å². The maximum Gasteiger partial charge on any atom is 0.219 e. The van der Waals surface area contributed by atoms with Gasteiger partial charge in [0.25, 0.3) is 0 Å². The Morgan fingerprint density at radius 1 is 1.32 bits per heavy atom. The molecule has 0 bridgehead atoms. The Bertz CT molecular complexity index is 1100. The van der Waals surface area contributed by atoms with E-state index in [0.717, 1.165) is 0 Å². The van der Waals surface area contributed by atoms with E-state index in [2.05, 4.69) is 4.99 Å². The smallest absolute Gasteiger partial charge is 0.219 e. The Labute approximate surface area is 175 Å². The average molecular weight is 464 g/mol. The van der Waals surface area contributed by atoms with Crippen LogP contribution in [0.25, 0.3) is 0 Å². The van der Waals surface area contributed by atoms with E-state index in [0.29, 0.717) is 16.3 Å². The van der Waals surface area contributed by atoms with E-state index in [1.54, 1.807) is 26.0 Å². The highest BCUT2D eigenvalue weighted by Crippen LogP contribution is 2.38. The number of aliphatic imine (C=N–C) groups is 1. The lowest BCUT2D eigenvalue weighted by molar-refractivity contribution is 0.0417. The first kappa shape index (κ1) is 21.5. The number of halogens is 2. The zero-order chi connectivity index (χ0) is 20.7. The maximum atomic E-state index is 13.3. The zero-order valence-corrected chi connectivity index (χ0v) is 18.4. The Balaban J connectivity index is 1.97. The van der Waals surface area contributed by atoms with E-state index >= 15 is 0 Å². The van der Waals surface area contributed by atoms with Gasteiger partial charge in [-0.3, -0.25) is 4.99 Å². The number of nitrogens with zero attached hydrogens (tertiary/aromatic N) is 1. The summed E-state index contributed by atoms with van der Waals surface area (Å²) in [6.07, 6.45) is 1.10. The first-order chi connectivity index (χ1) is 13.1. The minimum Gasteiger partial charge on any atom is -0.372 e. The number of benzene rings is 1. The lowest BCUT2D eigenvalue weighted by Crippen LogP contribution is -2.50. The van der Waals surface area contributed by atoms with Crippen molar-refractivity contribution in [3.8, 4) is 0 Å². The molecule has 2 heterocycles. The van der Waals surface area contributed by atoms with Crippen LogP contribution in [0.3, 0.4) is 0 Å². The van der Waals surface area contributed by atoms with Gasteiger partial charge < -0.3 is 4.74 Å². The molecular formula is C18H19Cl2NO5S2. The van der Waals surface area contributed by atoms with Crippen molar-refractivity contribution in [3.05, 3.63) is 41.1 Å². The van der Waals surface area contributed by atoms with Crippen molar-refractivity contribution < 1.29 is 21.6 Å². The van der Waals surface area contributed by atoms with Gasteiger partial charge in [-0.2, -0.15) is 8.42 Å². The van der Waals surface area contributed by atoms with Gasteiger partial charge in [-0.15, -0.1) is 11.6 Å². The molecule has 10 heteroatoms. The van der Waals surface area contributed by atoms with Crippen LogP contribution in [-0.2, 0) is 24.9 Å². The number of sulfone groups is 1. The minimum absolute atomic E-state index is 0.0280. The van der Waals surface area contributed by atoms with Crippen molar-refractivity contribution in [1.82, 2.24) is 0 Å². The molecule has 0 aromatic heterocycles. The summed E-state index contributed by atoms with van der Waals surface area (Å²) in [6.45, 7) is 3.45. The summed E-state index contributed by atoms with van der Waals surface area (Å²) < 4.78 is 54.3. The quantitative estimate of drug-likeness (QED) is 0.507. The monoisotopic (exact) mass is 463 g/mol. The normalized spacial score (nSPS) is 28.5. The second kappa shape index (κ2) is 7.91. The second-order valence-corrected chi connectivity index (χ2v) is 11.3. The Kier molecular flexibility index (Phi) is 6.08. The maximum absolute atomic E-state index is 13.3. The van der Waals surface area contributed by atoms with Crippen LogP contribution < -0.4 is 0 Å².